The van der Waals surface area contributed by atoms with Crippen LogP contribution < -0.4 is 13.4 Å². The number of hydrogen-bond acceptors (Lipinski definition) is 6. The first-order chi connectivity index (χ1) is 15.9. The molecule has 2 aromatic carbocycles. The van der Waals surface area contributed by atoms with Crippen LogP contribution in [0.4, 0.5) is 0 Å². The lowest BCUT2D eigenvalue weighted by Crippen LogP contribution is -2.44. The predicted molar refractivity (Wildman–Crippen MR) is 151 cm³/mol. The van der Waals surface area contributed by atoms with Crippen LogP contribution in [0.3, 0.4) is 0 Å². The Balaban J connectivity index is 2.66. The van der Waals surface area contributed by atoms with E-state index in [1.807, 2.05) is 24.3 Å². The first-order valence-corrected chi connectivity index (χ1v) is 19.7. The summed E-state index contributed by atoms with van der Waals surface area (Å²) in [7, 11) is -7.93. The largest absolute Gasteiger partial charge is 0.543 e. The molecule has 0 saturated heterocycles. The zero-order valence-corrected chi connectivity index (χ0v) is 26.6. The average molecular weight is 541 g/mol. The molecule has 0 aliphatic rings. The summed E-state index contributed by atoms with van der Waals surface area (Å²) in [4.78, 5) is 0. The molecule has 0 aromatic heterocycles. The van der Waals surface area contributed by atoms with E-state index >= 15 is 0 Å². The molecule has 0 aliphatic carbocycles. The van der Waals surface area contributed by atoms with E-state index in [4.69, 9.17) is 22.4 Å². The molecule has 9 heteroatoms. The van der Waals surface area contributed by atoms with Gasteiger partial charge in [-0.25, -0.2) is 4.57 Å². The van der Waals surface area contributed by atoms with E-state index in [9.17, 15) is 4.57 Å². The third-order valence-corrected chi connectivity index (χ3v) is 17.3. The van der Waals surface area contributed by atoms with E-state index < -0.39 is 24.5 Å². The van der Waals surface area contributed by atoms with Gasteiger partial charge in [-0.1, -0.05) is 41.5 Å². The van der Waals surface area contributed by atoms with Gasteiger partial charge >= 0.3 is 7.82 Å². The fraction of sp³-hybridized carbons (Fsp3) is 0.615. The smallest absolute Gasteiger partial charge is 0.530 e. The van der Waals surface area contributed by atoms with Gasteiger partial charge in [0, 0.05) is 10.8 Å². The van der Waals surface area contributed by atoms with Gasteiger partial charge in [0.05, 0.1) is 13.2 Å². The van der Waals surface area contributed by atoms with Gasteiger partial charge in [-0.2, -0.15) is 0 Å². The molecule has 0 unspecified atom stereocenters. The second-order valence-corrected chi connectivity index (χ2v) is 22.9. The first-order valence-electron chi connectivity index (χ1n) is 12.4. The zero-order valence-electron chi connectivity index (χ0n) is 23.7. The van der Waals surface area contributed by atoms with Gasteiger partial charge in [0.25, 0.3) is 16.6 Å². The molecule has 198 valence electrons. The van der Waals surface area contributed by atoms with Crippen molar-refractivity contribution in [1.29, 1.82) is 0 Å². The number of rotatable bonds is 10. The summed E-state index contributed by atoms with van der Waals surface area (Å²) in [6, 6.07) is 9.56. The van der Waals surface area contributed by atoms with Crippen molar-refractivity contribution in [3.05, 3.63) is 30.3 Å². The van der Waals surface area contributed by atoms with Crippen molar-refractivity contribution in [3.63, 3.8) is 0 Å². The molecule has 0 atom stereocenters. The van der Waals surface area contributed by atoms with E-state index in [0.29, 0.717) is 5.75 Å². The number of hydrogen-bond donors (Lipinski definition) is 0. The van der Waals surface area contributed by atoms with Crippen molar-refractivity contribution in [2.45, 2.75) is 91.7 Å². The Labute approximate surface area is 214 Å². The predicted octanol–water partition coefficient (Wildman–Crippen LogP) is 9.17. The van der Waals surface area contributed by atoms with Crippen molar-refractivity contribution < 1.29 is 27.0 Å². The highest BCUT2D eigenvalue weighted by Gasteiger charge is 2.41. The maximum atomic E-state index is 13.0. The van der Waals surface area contributed by atoms with Gasteiger partial charge in [-0.05, 0) is 80.4 Å². The molecule has 6 nitrogen and oxygen atoms in total. The van der Waals surface area contributed by atoms with Crippen LogP contribution in [-0.2, 0) is 13.6 Å². The lowest BCUT2D eigenvalue weighted by atomic mass is 10.1. The summed E-state index contributed by atoms with van der Waals surface area (Å²) >= 11 is 0. The van der Waals surface area contributed by atoms with Gasteiger partial charge in [-0.15, -0.1) is 0 Å². The van der Waals surface area contributed by atoms with Crippen LogP contribution in [0, 0.1) is 0 Å². The Bertz CT molecular complexity index is 1060. The lowest BCUT2D eigenvalue weighted by Gasteiger charge is -2.38. The van der Waals surface area contributed by atoms with E-state index in [0.717, 1.165) is 22.3 Å². The van der Waals surface area contributed by atoms with Gasteiger partial charge in [0.2, 0.25) is 0 Å². The highest BCUT2D eigenvalue weighted by molar-refractivity contribution is 7.48. The first kappa shape index (κ1) is 29.9. The molecule has 0 N–H and O–H groups in total. The minimum atomic E-state index is -3.73. The Morgan fingerprint density at radius 2 is 1.14 bits per heavy atom. The highest BCUT2D eigenvalue weighted by atomic mass is 31.2. The molecule has 2 aromatic rings. The van der Waals surface area contributed by atoms with Crippen molar-refractivity contribution >= 4 is 35.2 Å². The van der Waals surface area contributed by atoms with Crippen LogP contribution in [-0.4, -0.2) is 29.8 Å². The fourth-order valence-corrected chi connectivity index (χ4v) is 6.15. The summed E-state index contributed by atoms with van der Waals surface area (Å²) in [6.07, 6.45) is 0. The standard InChI is InChI=1S/C26H45O6PSi2/c1-13-28-33(27,29-14-2)30-20-15-16-21-22(19-20)24(32-35(11,12)26(6,7)8)18-17-23(21)31-34(9,10)25(3,4)5/h15-19H,13-14H2,1-12H3. The normalized spacial score (nSPS) is 13.7. The van der Waals surface area contributed by atoms with E-state index in [1.54, 1.807) is 19.9 Å². The van der Waals surface area contributed by atoms with Crippen LogP contribution in [0.2, 0.25) is 36.3 Å². The summed E-state index contributed by atoms with van der Waals surface area (Å²) in [6.45, 7) is 26.2. The summed E-state index contributed by atoms with van der Waals surface area (Å²) < 4.78 is 42.9. The molecule has 0 amide bonds. The molecule has 0 fully saturated rings. The number of fused-ring (bicyclic) bond motifs is 1. The highest BCUT2D eigenvalue weighted by Crippen LogP contribution is 2.51. The van der Waals surface area contributed by atoms with Gasteiger partial charge in [0.15, 0.2) is 0 Å². The summed E-state index contributed by atoms with van der Waals surface area (Å²) in [5.74, 6) is 1.98. The quantitative estimate of drug-likeness (QED) is 0.221. The summed E-state index contributed by atoms with van der Waals surface area (Å²) in [5.41, 5.74) is 0. The van der Waals surface area contributed by atoms with E-state index in [1.165, 1.54) is 0 Å². The fourth-order valence-electron chi connectivity index (χ4n) is 2.90. The topological polar surface area (TPSA) is 63.2 Å². The monoisotopic (exact) mass is 540 g/mol. The van der Waals surface area contributed by atoms with Gasteiger partial charge in [0.1, 0.15) is 17.2 Å². The molecule has 0 radical (unpaired) electrons. The van der Waals surface area contributed by atoms with E-state index in [-0.39, 0.29) is 23.3 Å². The minimum absolute atomic E-state index is 0.0311. The molecule has 2 rings (SSSR count). The van der Waals surface area contributed by atoms with Crippen molar-refractivity contribution in [2.75, 3.05) is 13.2 Å². The number of phosphoric acid groups is 1. The van der Waals surface area contributed by atoms with Crippen LogP contribution in [0.1, 0.15) is 55.4 Å². The summed E-state index contributed by atoms with van der Waals surface area (Å²) in [5, 5.41) is 1.87. The number of benzene rings is 2. The maximum Gasteiger partial charge on any atom is 0.530 e. The van der Waals surface area contributed by atoms with Crippen LogP contribution in [0.25, 0.3) is 10.8 Å². The molecular weight excluding hydrogens is 495 g/mol. The Kier molecular flexibility index (Phi) is 9.04. The Hall–Kier alpha value is -1.32. The molecule has 0 saturated carbocycles. The number of phosphoric ester groups is 1. The molecule has 0 aliphatic heterocycles. The molecular formula is C26H45O6PSi2. The van der Waals surface area contributed by atoms with Crippen molar-refractivity contribution in [2.24, 2.45) is 0 Å². The Morgan fingerprint density at radius 1 is 0.714 bits per heavy atom. The van der Waals surface area contributed by atoms with Gasteiger partial charge in [-0.3, -0.25) is 9.05 Å². The van der Waals surface area contributed by atoms with E-state index in [2.05, 4.69) is 67.7 Å². The van der Waals surface area contributed by atoms with Crippen LogP contribution >= 0.6 is 7.82 Å². The third-order valence-electron chi connectivity index (χ3n) is 7.04. The lowest BCUT2D eigenvalue weighted by molar-refractivity contribution is 0.167. The molecule has 0 bridgehead atoms. The molecule has 0 heterocycles. The van der Waals surface area contributed by atoms with Crippen molar-refractivity contribution in [1.82, 2.24) is 0 Å². The molecule has 0 spiro atoms. The van der Waals surface area contributed by atoms with Gasteiger partial charge < -0.3 is 13.4 Å². The third kappa shape index (κ3) is 7.13. The minimum Gasteiger partial charge on any atom is -0.543 e. The second kappa shape index (κ2) is 10.6. The van der Waals surface area contributed by atoms with Crippen LogP contribution in [0.5, 0.6) is 17.2 Å². The van der Waals surface area contributed by atoms with Crippen LogP contribution in [0.15, 0.2) is 30.3 Å². The Morgan fingerprint density at radius 3 is 1.54 bits per heavy atom. The maximum absolute atomic E-state index is 13.0. The average Bonchev–Trinajstić information content (AvgIpc) is 2.68. The SMILES string of the molecule is CCOP(=O)(OCC)Oc1ccc2c(O[Si](C)(C)C(C)(C)C)ccc(O[Si](C)(C)C(C)(C)C)c2c1. The zero-order chi connectivity index (χ0) is 26.9. The van der Waals surface area contributed by atoms with Crippen molar-refractivity contribution in [3.8, 4) is 17.2 Å². The second-order valence-electron chi connectivity index (χ2n) is 11.9. The molecule has 35 heavy (non-hydrogen) atoms.